The summed E-state index contributed by atoms with van der Waals surface area (Å²) in [4.78, 5) is 19.6. The molecule has 130 valence electrons. The van der Waals surface area contributed by atoms with Crippen LogP contribution in [0.5, 0.6) is 0 Å². The Kier molecular flexibility index (Phi) is 12.7. The molecule has 0 unspecified atom stereocenters. The molecule has 0 aliphatic heterocycles. The van der Waals surface area contributed by atoms with Gasteiger partial charge in [0.25, 0.3) is 0 Å². The number of ether oxygens (including phenoxy) is 1. The molecule has 0 atom stereocenters. The first-order chi connectivity index (χ1) is 10.7. The van der Waals surface area contributed by atoms with Crippen LogP contribution in [0.15, 0.2) is 23.3 Å². The zero-order chi connectivity index (χ0) is 16.2. The first-order valence-corrected chi connectivity index (χ1v) is 7.34. The number of rotatable bonds is 8. The summed E-state index contributed by atoms with van der Waals surface area (Å²) in [5.41, 5.74) is 1.07. The van der Waals surface area contributed by atoms with Gasteiger partial charge in [0, 0.05) is 33.4 Å². The number of halogens is 2. The van der Waals surface area contributed by atoms with Crippen LogP contribution in [0, 0.1) is 0 Å². The fourth-order valence-corrected chi connectivity index (χ4v) is 1.73. The van der Waals surface area contributed by atoms with E-state index in [1.54, 1.807) is 26.4 Å². The van der Waals surface area contributed by atoms with Crippen LogP contribution in [0.2, 0.25) is 5.15 Å². The van der Waals surface area contributed by atoms with Crippen LogP contribution in [0.25, 0.3) is 0 Å². The minimum Gasteiger partial charge on any atom is -0.383 e. The third kappa shape index (κ3) is 10.3. The number of aromatic nitrogens is 1. The molecule has 0 bridgehead atoms. The molecule has 0 aromatic carbocycles. The molecule has 1 amide bonds. The molecule has 3 N–H and O–H groups in total. The number of hydrogen-bond donors (Lipinski definition) is 3. The first-order valence-electron chi connectivity index (χ1n) is 6.96. The van der Waals surface area contributed by atoms with Crippen molar-refractivity contribution >= 4 is 47.4 Å². The average Bonchev–Trinajstić information content (AvgIpc) is 2.52. The molecule has 0 spiro atoms. The number of pyridine rings is 1. The second kappa shape index (κ2) is 13.3. The zero-order valence-electron chi connectivity index (χ0n) is 13.3. The third-order valence-electron chi connectivity index (χ3n) is 2.76. The Bertz CT molecular complexity index is 485. The van der Waals surface area contributed by atoms with Gasteiger partial charge in [-0.2, -0.15) is 0 Å². The minimum atomic E-state index is -0.109. The standard InChI is InChI=1S/C14H22ClN5O2.HI/c1-16-14(20-10-13(21)17-7-8-22-2)18-6-5-11-3-4-12(15)19-9-11;/h3-4,9H,5-8,10H2,1-2H3,(H,17,21)(H2,16,18,20);1H. The van der Waals surface area contributed by atoms with Gasteiger partial charge in [-0.05, 0) is 18.1 Å². The van der Waals surface area contributed by atoms with Crippen molar-refractivity contribution in [3.8, 4) is 0 Å². The minimum absolute atomic E-state index is 0. The quantitative estimate of drug-likeness (QED) is 0.178. The van der Waals surface area contributed by atoms with E-state index in [4.69, 9.17) is 16.3 Å². The number of guanidine groups is 1. The highest BCUT2D eigenvalue weighted by molar-refractivity contribution is 14.0. The molecule has 1 heterocycles. The molecule has 9 heteroatoms. The van der Waals surface area contributed by atoms with Gasteiger partial charge < -0.3 is 20.7 Å². The molecule has 1 aromatic rings. The molecule has 0 radical (unpaired) electrons. The maximum atomic E-state index is 11.5. The Hall–Kier alpha value is -1.13. The van der Waals surface area contributed by atoms with Crippen LogP contribution in [0.3, 0.4) is 0 Å². The van der Waals surface area contributed by atoms with Crippen molar-refractivity contribution in [3.63, 3.8) is 0 Å². The van der Waals surface area contributed by atoms with E-state index in [0.717, 1.165) is 12.0 Å². The predicted octanol–water partition coefficient (Wildman–Crippen LogP) is 0.823. The van der Waals surface area contributed by atoms with Gasteiger partial charge in [0.15, 0.2) is 5.96 Å². The lowest BCUT2D eigenvalue weighted by molar-refractivity contribution is -0.120. The van der Waals surface area contributed by atoms with Crippen molar-refractivity contribution in [2.75, 3.05) is 40.4 Å². The van der Waals surface area contributed by atoms with Crippen LogP contribution in [0.1, 0.15) is 5.56 Å². The summed E-state index contributed by atoms with van der Waals surface area (Å²) in [5, 5.41) is 9.27. The molecular weight excluding hydrogens is 433 g/mol. The summed E-state index contributed by atoms with van der Waals surface area (Å²) in [6.07, 6.45) is 2.52. The predicted molar refractivity (Wildman–Crippen MR) is 103 cm³/mol. The normalized spacial score (nSPS) is 10.7. The number of aliphatic imine (C=N–C) groups is 1. The highest BCUT2D eigenvalue weighted by atomic mass is 127. The van der Waals surface area contributed by atoms with Gasteiger partial charge in [0.1, 0.15) is 5.15 Å². The fourth-order valence-electron chi connectivity index (χ4n) is 1.62. The van der Waals surface area contributed by atoms with Gasteiger partial charge in [0.05, 0.1) is 13.2 Å². The lowest BCUT2D eigenvalue weighted by Gasteiger charge is -2.12. The van der Waals surface area contributed by atoms with Gasteiger partial charge in [0.2, 0.25) is 5.91 Å². The molecule has 0 saturated heterocycles. The van der Waals surface area contributed by atoms with Crippen molar-refractivity contribution in [1.82, 2.24) is 20.9 Å². The van der Waals surface area contributed by atoms with E-state index in [2.05, 4.69) is 25.9 Å². The summed E-state index contributed by atoms with van der Waals surface area (Å²) >= 11 is 5.73. The maximum Gasteiger partial charge on any atom is 0.239 e. The number of carbonyl (C=O) groups is 1. The number of hydrogen-bond acceptors (Lipinski definition) is 4. The second-order valence-corrected chi connectivity index (χ2v) is 4.82. The molecule has 0 aliphatic rings. The van der Waals surface area contributed by atoms with Crippen molar-refractivity contribution < 1.29 is 9.53 Å². The molecule has 0 aliphatic carbocycles. The zero-order valence-corrected chi connectivity index (χ0v) is 16.4. The molecular formula is C14H23ClIN5O2. The van der Waals surface area contributed by atoms with Gasteiger partial charge in [-0.3, -0.25) is 9.79 Å². The summed E-state index contributed by atoms with van der Waals surface area (Å²) in [5.74, 6) is 0.464. The monoisotopic (exact) mass is 455 g/mol. The topological polar surface area (TPSA) is 87.6 Å². The van der Waals surface area contributed by atoms with Crippen molar-refractivity contribution in [2.45, 2.75) is 6.42 Å². The Morgan fingerprint density at radius 3 is 2.70 bits per heavy atom. The van der Waals surface area contributed by atoms with E-state index >= 15 is 0 Å². The van der Waals surface area contributed by atoms with Gasteiger partial charge >= 0.3 is 0 Å². The van der Waals surface area contributed by atoms with Crippen LogP contribution >= 0.6 is 35.6 Å². The fraction of sp³-hybridized carbons (Fsp3) is 0.500. The van der Waals surface area contributed by atoms with E-state index in [9.17, 15) is 4.79 Å². The number of nitrogens with one attached hydrogen (secondary N) is 3. The van der Waals surface area contributed by atoms with E-state index < -0.39 is 0 Å². The second-order valence-electron chi connectivity index (χ2n) is 4.43. The van der Waals surface area contributed by atoms with Crippen LogP contribution in [0.4, 0.5) is 0 Å². The largest absolute Gasteiger partial charge is 0.383 e. The maximum absolute atomic E-state index is 11.5. The molecule has 0 saturated carbocycles. The molecule has 0 fully saturated rings. The van der Waals surface area contributed by atoms with Crippen molar-refractivity contribution in [3.05, 3.63) is 29.0 Å². The molecule has 23 heavy (non-hydrogen) atoms. The van der Waals surface area contributed by atoms with Gasteiger partial charge in [-0.15, -0.1) is 24.0 Å². The van der Waals surface area contributed by atoms with Crippen LogP contribution < -0.4 is 16.0 Å². The van der Waals surface area contributed by atoms with Crippen molar-refractivity contribution in [1.29, 1.82) is 0 Å². The van der Waals surface area contributed by atoms with E-state index in [1.165, 1.54) is 0 Å². The SMILES string of the molecule is CN=C(NCCc1ccc(Cl)nc1)NCC(=O)NCCOC.I. The third-order valence-corrected chi connectivity index (χ3v) is 2.99. The number of carbonyl (C=O) groups excluding carboxylic acids is 1. The highest BCUT2D eigenvalue weighted by Gasteiger charge is 2.03. The first kappa shape index (κ1) is 21.9. The number of methoxy groups -OCH3 is 1. The van der Waals surface area contributed by atoms with Crippen molar-refractivity contribution in [2.24, 2.45) is 4.99 Å². The Balaban J connectivity index is 0.00000484. The summed E-state index contributed by atoms with van der Waals surface area (Å²) in [7, 11) is 3.24. The smallest absolute Gasteiger partial charge is 0.239 e. The van der Waals surface area contributed by atoms with E-state index in [0.29, 0.717) is 30.8 Å². The highest BCUT2D eigenvalue weighted by Crippen LogP contribution is 2.05. The van der Waals surface area contributed by atoms with E-state index in [1.807, 2.05) is 6.07 Å². The summed E-state index contributed by atoms with van der Waals surface area (Å²) < 4.78 is 4.86. The number of nitrogens with zero attached hydrogens (tertiary/aromatic N) is 2. The summed E-state index contributed by atoms with van der Waals surface area (Å²) in [6, 6.07) is 3.69. The van der Waals surface area contributed by atoms with Crippen LogP contribution in [-0.2, 0) is 16.0 Å². The van der Waals surface area contributed by atoms with E-state index in [-0.39, 0.29) is 36.4 Å². The summed E-state index contributed by atoms with van der Waals surface area (Å²) in [6.45, 7) is 1.82. The number of amides is 1. The lowest BCUT2D eigenvalue weighted by Crippen LogP contribution is -2.44. The van der Waals surface area contributed by atoms with Crippen LogP contribution in [-0.4, -0.2) is 57.2 Å². The van der Waals surface area contributed by atoms with Gasteiger partial charge in [-0.1, -0.05) is 17.7 Å². The Morgan fingerprint density at radius 2 is 2.09 bits per heavy atom. The Labute approximate surface area is 158 Å². The lowest BCUT2D eigenvalue weighted by atomic mass is 10.2. The molecule has 1 aromatic heterocycles. The molecule has 1 rings (SSSR count). The molecule has 7 nitrogen and oxygen atoms in total. The Morgan fingerprint density at radius 1 is 1.30 bits per heavy atom. The van der Waals surface area contributed by atoms with Gasteiger partial charge in [-0.25, -0.2) is 4.98 Å². The average molecular weight is 456 g/mol.